The van der Waals surface area contributed by atoms with Crippen molar-refractivity contribution < 1.29 is 14.0 Å². The van der Waals surface area contributed by atoms with Gasteiger partial charge in [0.1, 0.15) is 11.4 Å². The first kappa shape index (κ1) is 22.7. The Morgan fingerprint density at radius 2 is 1.97 bits per heavy atom. The second kappa shape index (κ2) is 10.3. The second-order valence-corrected chi connectivity index (χ2v) is 7.94. The first-order chi connectivity index (χ1) is 14.9. The SMILES string of the molecule is CNC(=O)c1cc(C(=O)NCCC2CCNCC2)cn(Cc2cccc(C)c2F)c1=O. The molecule has 31 heavy (non-hydrogen) atoms. The highest BCUT2D eigenvalue weighted by Crippen LogP contribution is 2.15. The molecule has 2 amide bonds. The fourth-order valence-corrected chi connectivity index (χ4v) is 3.85. The predicted molar refractivity (Wildman–Crippen MR) is 117 cm³/mol. The molecule has 0 bridgehead atoms. The predicted octanol–water partition coefficient (Wildman–Crippen LogP) is 1.82. The Hall–Kier alpha value is -3.00. The van der Waals surface area contributed by atoms with Crippen LogP contribution in [-0.2, 0) is 6.54 Å². The van der Waals surface area contributed by atoms with E-state index in [0.29, 0.717) is 23.6 Å². The Labute approximate surface area is 181 Å². The number of hydrogen-bond donors (Lipinski definition) is 3. The van der Waals surface area contributed by atoms with Gasteiger partial charge in [-0.2, -0.15) is 0 Å². The van der Waals surface area contributed by atoms with Crippen molar-refractivity contribution in [3.05, 3.63) is 68.9 Å². The van der Waals surface area contributed by atoms with Gasteiger partial charge < -0.3 is 20.5 Å². The second-order valence-electron chi connectivity index (χ2n) is 7.94. The van der Waals surface area contributed by atoms with E-state index in [1.165, 1.54) is 23.9 Å². The number of carbonyl (C=O) groups is 2. The molecule has 2 heterocycles. The first-order valence-electron chi connectivity index (χ1n) is 10.6. The molecule has 0 atom stereocenters. The van der Waals surface area contributed by atoms with Gasteiger partial charge in [0.25, 0.3) is 17.4 Å². The van der Waals surface area contributed by atoms with Gasteiger partial charge in [-0.15, -0.1) is 0 Å². The van der Waals surface area contributed by atoms with E-state index in [1.54, 1.807) is 25.1 Å². The highest BCUT2D eigenvalue weighted by molar-refractivity contribution is 5.99. The molecular weight excluding hydrogens is 399 g/mol. The van der Waals surface area contributed by atoms with Crippen molar-refractivity contribution in [1.29, 1.82) is 0 Å². The van der Waals surface area contributed by atoms with E-state index < -0.39 is 17.3 Å². The number of nitrogens with one attached hydrogen (secondary N) is 3. The van der Waals surface area contributed by atoms with Crippen molar-refractivity contribution in [2.75, 3.05) is 26.7 Å². The number of aryl methyl sites for hydroxylation is 1. The van der Waals surface area contributed by atoms with Crippen molar-refractivity contribution in [3.8, 4) is 0 Å². The van der Waals surface area contributed by atoms with Crippen LogP contribution >= 0.6 is 0 Å². The lowest BCUT2D eigenvalue weighted by molar-refractivity contribution is 0.0949. The Kier molecular flexibility index (Phi) is 7.57. The first-order valence-corrected chi connectivity index (χ1v) is 10.6. The fraction of sp³-hybridized carbons (Fsp3) is 0.435. The zero-order valence-corrected chi connectivity index (χ0v) is 18.0. The molecule has 8 heteroatoms. The third-order valence-corrected chi connectivity index (χ3v) is 5.73. The normalized spacial score (nSPS) is 14.3. The van der Waals surface area contributed by atoms with Gasteiger partial charge >= 0.3 is 0 Å². The Balaban J connectivity index is 1.83. The molecule has 1 aliphatic heterocycles. The molecular formula is C23H29FN4O3. The number of piperidine rings is 1. The van der Waals surface area contributed by atoms with Crippen LogP contribution in [-0.4, -0.2) is 43.1 Å². The van der Waals surface area contributed by atoms with Crippen LogP contribution < -0.4 is 21.5 Å². The average molecular weight is 429 g/mol. The molecule has 3 N–H and O–H groups in total. The van der Waals surface area contributed by atoms with E-state index in [9.17, 15) is 18.8 Å². The third kappa shape index (κ3) is 5.58. The zero-order valence-electron chi connectivity index (χ0n) is 18.0. The van der Waals surface area contributed by atoms with Crippen molar-refractivity contribution in [2.24, 2.45) is 5.92 Å². The zero-order chi connectivity index (χ0) is 22.4. The number of carbonyl (C=O) groups excluding carboxylic acids is 2. The van der Waals surface area contributed by atoms with Gasteiger partial charge in [-0.3, -0.25) is 14.4 Å². The molecule has 0 saturated carbocycles. The highest BCUT2D eigenvalue weighted by atomic mass is 19.1. The molecule has 1 aliphatic rings. The van der Waals surface area contributed by atoms with E-state index in [2.05, 4.69) is 16.0 Å². The molecule has 0 aliphatic carbocycles. The summed E-state index contributed by atoms with van der Waals surface area (Å²) in [6.07, 6.45) is 4.44. The maximum atomic E-state index is 14.5. The summed E-state index contributed by atoms with van der Waals surface area (Å²) < 4.78 is 15.7. The van der Waals surface area contributed by atoms with Crippen LogP contribution in [0.1, 0.15) is 51.1 Å². The maximum Gasteiger partial charge on any atom is 0.263 e. The summed E-state index contributed by atoms with van der Waals surface area (Å²) in [6.45, 7) is 4.07. The van der Waals surface area contributed by atoms with Crippen molar-refractivity contribution in [1.82, 2.24) is 20.5 Å². The van der Waals surface area contributed by atoms with Gasteiger partial charge in [0.15, 0.2) is 0 Å². The minimum absolute atomic E-state index is 0.0769. The molecule has 0 radical (unpaired) electrons. The number of halogens is 1. The van der Waals surface area contributed by atoms with E-state index in [4.69, 9.17) is 0 Å². The van der Waals surface area contributed by atoms with Gasteiger partial charge in [-0.1, -0.05) is 18.2 Å². The lowest BCUT2D eigenvalue weighted by Crippen LogP contribution is -2.35. The van der Waals surface area contributed by atoms with Crippen molar-refractivity contribution in [2.45, 2.75) is 32.7 Å². The molecule has 1 fully saturated rings. The quantitative estimate of drug-likeness (QED) is 0.627. The van der Waals surface area contributed by atoms with Crippen LogP contribution in [0, 0.1) is 18.7 Å². The van der Waals surface area contributed by atoms with Crippen LogP contribution in [0.2, 0.25) is 0 Å². The molecule has 0 spiro atoms. The van der Waals surface area contributed by atoms with E-state index >= 15 is 0 Å². The topological polar surface area (TPSA) is 92.2 Å². The van der Waals surface area contributed by atoms with Gasteiger partial charge in [0.2, 0.25) is 0 Å². The number of aromatic nitrogens is 1. The summed E-state index contributed by atoms with van der Waals surface area (Å²) in [6, 6.07) is 6.23. The standard InChI is InChI=1S/C23H29FN4O3/c1-15-4-3-5-17(20(15)24)13-28-14-18(12-19(23(28)31)22(30)25-2)21(29)27-11-8-16-6-9-26-10-7-16/h3-5,12,14,16,26H,6-11,13H2,1-2H3,(H,25,30)(H,27,29). The third-order valence-electron chi connectivity index (χ3n) is 5.73. The fourth-order valence-electron chi connectivity index (χ4n) is 3.85. The van der Waals surface area contributed by atoms with Crippen molar-refractivity contribution in [3.63, 3.8) is 0 Å². The number of pyridine rings is 1. The number of rotatable bonds is 7. The largest absolute Gasteiger partial charge is 0.355 e. The number of nitrogens with zero attached hydrogens (tertiary/aromatic N) is 1. The van der Waals surface area contributed by atoms with Gasteiger partial charge in [0.05, 0.1) is 12.1 Å². The van der Waals surface area contributed by atoms with Gasteiger partial charge in [-0.05, 0) is 56.8 Å². The molecule has 7 nitrogen and oxygen atoms in total. The monoisotopic (exact) mass is 428 g/mol. The average Bonchev–Trinajstić information content (AvgIpc) is 2.78. The Morgan fingerprint density at radius 3 is 2.68 bits per heavy atom. The van der Waals surface area contributed by atoms with E-state index in [0.717, 1.165) is 32.4 Å². The molecule has 166 valence electrons. The summed E-state index contributed by atoms with van der Waals surface area (Å²) in [5.41, 5.74) is 0.238. The molecule has 1 aromatic heterocycles. The van der Waals surface area contributed by atoms with E-state index in [-0.39, 0.29) is 23.6 Å². The smallest absolute Gasteiger partial charge is 0.263 e. The lowest BCUT2D eigenvalue weighted by Gasteiger charge is -2.22. The Bertz CT molecular complexity index is 1010. The highest BCUT2D eigenvalue weighted by Gasteiger charge is 2.19. The molecule has 0 unspecified atom stereocenters. The maximum absolute atomic E-state index is 14.5. The molecule has 1 aromatic carbocycles. The number of hydrogen-bond acceptors (Lipinski definition) is 4. The molecule has 1 saturated heterocycles. The Morgan fingerprint density at radius 1 is 1.23 bits per heavy atom. The summed E-state index contributed by atoms with van der Waals surface area (Å²) in [5, 5.41) is 8.62. The van der Waals surface area contributed by atoms with Crippen LogP contribution in [0.5, 0.6) is 0 Å². The number of benzene rings is 1. The summed E-state index contributed by atoms with van der Waals surface area (Å²) >= 11 is 0. The summed E-state index contributed by atoms with van der Waals surface area (Å²) in [5.74, 6) is -0.792. The number of amides is 2. The minimum Gasteiger partial charge on any atom is -0.355 e. The van der Waals surface area contributed by atoms with Crippen molar-refractivity contribution >= 4 is 11.8 Å². The van der Waals surface area contributed by atoms with Crippen LogP contribution in [0.25, 0.3) is 0 Å². The minimum atomic E-state index is -0.590. The molecule has 2 aromatic rings. The van der Waals surface area contributed by atoms with Gasteiger partial charge in [-0.25, -0.2) is 4.39 Å². The van der Waals surface area contributed by atoms with Gasteiger partial charge in [0, 0.05) is 25.4 Å². The lowest BCUT2D eigenvalue weighted by atomic mass is 9.95. The van der Waals surface area contributed by atoms with Crippen LogP contribution in [0.4, 0.5) is 4.39 Å². The van der Waals surface area contributed by atoms with Crippen LogP contribution in [0.15, 0.2) is 35.3 Å². The van der Waals surface area contributed by atoms with E-state index in [1.807, 2.05) is 0 Å². The summed E-state index contributed by atoms with van der Waals surface area (Å²) in [4.78, 5) is 37.8. The molecule has 3 rings (SSSR count). The summed E-state index contributed by atoms with van der Waals surface area (Å²) in [7, 11) is 1.41. The van der Waals surface area contributed by atoms with Crippen LogP contribution in [0.3, 0.4) is 0 Å².